The van der Waals surface area contributed by atoms with Crippen LogP contribution >= 0.6 is 11.8 Å². The van der Waals surface area contributed by atoms with Gasteiger partial charge in [0, 0.05) is 24.2 Å². The highest BCUT2D eigenvalue weighted by molar-refractivity contribution is 7.99. The zero-order valence-corrected chi connectivity index (χ0v) is 13.1. The van der Waals surface area contributed by atoms with Crippen LogP contribution in [0.3, 0.4) is 0 Å². The first-order valence-electron chi connectivity index (χ1n) is 6.75. The van der Waals surface area contributed by atoms with E-state index in [4.69, 9.17) is 0 Å². The van der Waals surface area contributed by atoms with Crippen LogP contribution in [-0.4, -0.2) is 27.1 Å². The zero-order chi connectivity index (χ0) is 14.3. The molecule has 19 heavy (non-hydrogen) atoms. The highest BCUT2D eigenvalue weighted by Crippen LogP contribution is 2.20. The summed E-state index contributed by atoms with van der Waals surface area (Å²) >= 11 is 1.83. The highest BCUT2D eigenvalue weighted by atomic mass is 32.2. The van der Waals surface area contributed by atoms with E-state index in [0.717, 1.165) is 25.0 Å². The van der Waals surface area contributed by atoms with Gasteiger partial charge in [-0.05, 0) is 45.8 Å². The number of nitrogens with zero attached hydrogens (tertiary/aromatic N) is 3. The summed E-state index contributed by atoms with van der Waals surface area (Å²) in [5, 5.41) is 16.7. The predicted octanol–water partition coefficient (Wildman–Crippen LogP) is 2.96. The second kappa shape index (κ2) is 7.56. The van der Waals surface area contributed by atoms with Crippen LogP contribution in [0.15, 0.2) is 17.3 Å². The molecule has 0 bridgehead atoms. The Morgan fingerprint density at radius 2 is 2.26 bits per heavy atom. The molecule has 1 heterocycles. The van der Waals surface area contributed by atoms with E-state index in [-0.39, 0.29) is 0 Å². The maximum atomic E-state index is 9.24. The Balaban J connectivity index is 2.21. The fourth-order valence-electron chi connectivity index (χ4n) is 2.04. The molecule has 0 spiro atoms. The summed E-state index contributed by atoms with van der Waals surface area (Å²) in [4.78, 5) is 1.21. The fraction of sp³-hybridized carbons (Fsp3) is 0.714. The molecule has 0 radical (unpaired) electrons. The van der Waals surface area contributed by atoms with Gasteiger partial charge in [-0.2, -0.15) is 10.4 Å². The molecule has 1 unspecified atom stereocenters. The molecule has 1 rings (SSSR count). The van der Waals surface area contributed by atoms with Gasteiger partial charge < -0.3 is 0 Å². The van der Waals surface area contributed by atoms with Gasteiger partial charge in [-0.15, -0.1) is 11.8 Å². The summed E-state index contributed by atoms with van der Waals surface area (Å²) in [5.74, 6) is 1.08. The smallest absolute Gasteiger partial charge is 0.104 e. The second-order valence-corrected chi connectivity index (χ2v) is 6.57. The van der Waals surface area contributed by atoms with Crippen LogP contribution in [0.4, 0.5) is 0 Å². The van der Waals surface area contributed by atoms with Crippen molar-refractivity contribution in [3.05, 3.63) is 12.4 Å². The molecule has 106 valence electrons. The summed E-state index contributed by atoms with van der Waals surface area (Å²) < 4.78 is 1.82. The topological polar surface area (TPSA) is 53.6 Å². The minimum absolute atomic E-state index is 0.342. The lowest BCUT2D eigenvalue weighted by Crippen LogP contribution is -2.44. The van der Waals surface area contributed by atoms with Crippen LogP contribution in [0.2, 0.25) is 0 Å². The third-order valence-electron chi connectivity index (χ3n) is 2.88. The average molecular weight is 280 g/mol. The molecule has 0 aromatic carbocycles. The van der Waals surface area contributed by atoms with E-state index in [1.54, 1.807) is 0 Å². The molecule has 0 aliphatic carbocycles. The Hall–Kier alpha value is -0.990. The number of thioether (sulfide) groups is 1. The van der Waals surface area contributed by atoms with Gasteiger partial charge in [0.25, 0.3) is 0 Å². The van der Waals surface area contributed by atoms with Crippen molar-refractivity contribution in [3.8, 4) is 6.07 Å². The Kier molecular flexibility index (Phi) is 6.40. The van der Waals surface area contributed by atoms with Gasteiger partial charge in [0.2, 0.25) is 0 Å². The number of nitriles is 1. The van der Waals surface area contributed by atoms with Gasteiger partial charge >= 0.3 is 0 Å². The molecule has 1 aromatic rings. The quantitative estimate of drug-likeness (QED) is 0.587. The van der Waals surface area contributed by atoms with Crippen LogP contribution in [0, 0.1) is 11.3 Å². The number of unbranched alkanes of at least 4 members (excludes halogenated alkanes) is 1. The molecule has 0 fully saturated rings. The number of hydrogen-bond acceptors (Lipinski definition) is 4. The van der Waals surface area contributed by atoms with Gasteiger partial charge in [-0.25, -0.2) is 0 Å². The number of aromatic nitrogens is 2. The molecule has 0 saturated carbocycles. The van der Waals surface area contributed by atoms with Gasteiger partial charge in [0.05, 0.1) is 12.3 Å². The maximum absolute atomic E-state index is 9.24. The third kappa shape index (κ3) is 6.13. The fourth-order valence-corrected chi connectivity index (χ4v) is 2.97. The summed E-state index contributed by atoms with van der Waals surface area (Å²) in [5.41, 5.74) is -0.396. The Morgan fingerprint density at radius 1 is 1.53 bits per heavy atom. The summed E-state index contributed by atoms with van der Waals surface area (Å²) in [6.07, 6.45) is 7.01. The lowest BCUT2D eigenvalue weighted by molar-refractivity contribution is 0.372. The Labute approximate surface area is 120 Å². The number of hydrogen-bond donors (Lipinski definition) is 1. The SMILES string of the molecule is CC(C)NC(C)(C#N)CCCCSc1cnn(C)c1. The standard InChI is InChI=1S/C14H24N4S/c1-12(2)17-14(3,11-15)7-5-6-8-19-13-9-16-18(4)10-13/h9-10,12,17H,5-8H2,1-4H3. The second-order valence-electron chi connectivity index (χ2n) is 5.40. The molecule has 0 aliphatic heterocycles. The van der Waals surface area contributed by atoms with Crippen LogP contribution in [0.5, 0.6) is 0 Å². The molecule has 5 heteroatoms. The Morgan fingerprint density at radius 3 is 2.79 bits per heavy atom. The molecule has 1 aromatic heterocycles. The van der Waals surface area contributed by atoms with E-state index in [1.165, 1.54) is 4.90 Å². The lowest BCUT2D eigenvalue weighted by Gasteiger charge is -2.25. The summed E-state index contributed by atoms with van der Waals surface area (Å²) in [6.45, 7) is 6.14. The van der Waals surface area contributed by atoms with Gasteiger partial charge in [-0.1, -0.05) is 0 Å². The lowest BCUT2D eigenvalue weighted by atomic mass is 9.96. The number of rotatable bonds is 8. The van der Waals surface area contributed by atoms with E-state index in [1.807, 2.05) is 42.8 Å². The summed E-state index contributed by atoms with van der Waals surface area (Å²) in [6, 6.07) is 2.73. The van der Waals surface area contributed by atoms with Crippen molar-refractivity contribution >= 4 is 11.8 Å². The van der Waals surface area contributed by atoms with E-state index in [2.05, 4.69) is 30.3 Å². The van der Waals surface area contributed by atoms with Gasteiger partial charge in [0.1, 0.15) is 5.54 Å². The molecule has 1 N–H and O–H groups in total. The largest absolute Gasteiger partial charge is 0.297 e. The summed E-state index contributed by atoms with van der Waals surface area (Å²) in [7, 11) is 1.93. The monoisotopic (exact) mass is 280 g/mol. The van der Waals surface area contributed by atoms with Crippen LogP contribution in [-0.2, 0) is 7.05 Å². The van der Waals surface area contributed by atoms with Crippen LogP contribution < -0.4 is 5.32 Å². The van der Waals surface area contributed by atoms with Gasteiger partial charge in [0.15, 0.2) is 0 Å². The zero-order valence-electron chi connectivity index (χ0n) is 12.3. The number of aryl methyl sites for hydroxylation is 1. The van der Waals surface area contributed by atoms with E-state index < -0.39 is 5.54 Å². The first-order chi connectivity index (χ1) is 8.95. The van der Waals surface area contributed by atoms with Crippen molar-refractivity contribution in [2.24, 2.45) is 7.05 Å². The number of nitrogens with one attached hydrogen (secondary N) is 1. The molecule has 1 atom stereocenters. The van der Waals surface area contributed by atoms with Crippen molar-refractivity contribution < 1.29 is 0 Å². The molecular formula is C14H24N4S. The van der Waals surface area contributed by atoms with Crippen molar-refractivity contribution in [2.45, 2.75) is 56.5 Å². The minimum atomic E-state index is -0.396. The highest BCUT2D eigenvalue weighted by Gasteiger charge is 2.23. The van der Waals surface area contributed by atoms with E-state index >= 15 is 0 Å². The van der Waals surface area contributed by atoms with Crippen molar-refractivity contribution in [3.63, 3.8) is 0 Å². The molecule has 0 aliphatic rings. The van der Waals surface area contributed by atoms with E-state index in [9.17, 15) is 5.26 Å². The van der Waals surface area contributed by atoms with E-state index in [0.29, 0.717) is 6.04 Å². The third-order valence-corrected chi connectivity index (χ3v) is 3.91. The molecule has 4 nitrogen and oxygen atoms in total. The first-order valence-corrected chi connectivity index (χ1v) is 7.74. The predicted molar refractivity (Wildman–Crippen MR) is 80.1 cm³/mol. The molecular weight excluding hydrogens is 256 g/mol. The Bertz CT molecular complexity index is 421. The maximum Gasteiger partial charge on any atom is 0.104 e. The molecule has 0 amide bonds. The van der Waals surface area contributed by atoms with Crippen LogP contribution in [0.25, 0.3) is 0 Å². The van der Waals surface area contributed by atoms with Crippen LogP contribution in [0.1, 0.15) is 40.0 Å². The van der Waals surface area contributed by atoms with Crippen molar-refractivity contribution in [2.75, 3.05) is 5.75 Å². The van der Waals surface area contributed by atoms with Gasteiger partial charge in [-0.3, -0.25) is 10.00 Å². The first kappa shape index (κ1) is 16.1. The van der Waals surface area contributed by atoms with Crippen molar-refractivity contribution in [1.82, 2.24) is 15.1 Å². The minimum Gasteiger partial charge on any atom is -0.297 e. The van der Waals surface area contributed by atoms with Crippen molar-refractivity contribution in [1.29, 1.82) is 5.26 Å². The average Bonchev–Trinajstić information content (AvgIpc) is 2.74. The molecule has 0 saturated heterocycles. The normalized spacial score (nSPS) is 14.3.